The van der Waals surface area contributed by atoms with Crippen LogP contribution in [0.3, 0.4) is 0 Å². The van der Waals surface area contributed by atoms with E-state index in [2.05, 4.69) is 16.8 Å². The molecule has 1 amide bonds. The number of carboxylic acids is 1. The molecule has 8 nitrogen and oxygen atoms in total. The third-order valence-electron chi connectivity index (χ3n) is 5.16. The molecule has 0 aromatic carbocycles. The molecular formula is C18H26F3N3O5S. The van der Waals surface area contributed by atoms with Crippen LogP contribution in [0.2, 0.25) is 0 Å². The van der Waals surface area contributed by atoms with Gasteiger partial charge in [-0.1, -0.05) is 0 Å². The monoisotopic (exact) mass is 453 g/mol. The molecule has 1 aromatic rings. The second-order valence-electron chi connectivity index (χ2n) is 7.69. The van der Waals surface area contributed by atoms with E-state index in [-0.39, 0.29) is 17.9 Å². The first-order valence-corrected chi connectivity index (χ1v) is 10.1. The summed E-state index contributed by atoms with van der Waals surface area (Å²) in [6.45, 7) is 7.27. The Morgan fingerprint density at radius 2 is 2.13 bits per heavy atom. The van der Waals surface area contributed by atoms with E-state index in [9.17, 15) is 18.0 Å². The minimum Gasteiger partial charge on any atom is -0.475 e. The molecular weight excluding hydrogens is 427 g/mol. The molecule has 0 spiro atoms. The number of amides is 1. The molecule has 30 heavy (non-hydrogen) atoms. The number of aliphatic carboxylic acids is 1. The normalized spacial score (nSPS) is 23.6. The third-order valence-corrected chi connectivity index (χ3v) is 6.08. The Hall–Kier alpha value is -1.76. The number of aryl methyl sites for hydroxylation is 1. The van der Waals surface area contributed by atoms with E-state index in [1.54, 1.807) is 30.3 Å². The average molecular weight is 453 g/mol. The minimum absolute atomic E-state index is 0.00648. The van der Waals surface area contributed by atoms with Crippen molar-refractivity contribution in [2.45, 2.75) is 19.6 Å². The lowest BCUT2D eigenvalue weighted by atomic mass is 9.82. The van der Waals surface area contributed by atoms with Crippen LogP contribution in [0, 0.1) is 18.3 Å². The van der Waals surface area contributed by atoms with Gasteiger partial charge in [-0.3, -0.25) is 9.69 Å². The van der Waals surface area contributed by atoms with Gasteiger partial charge in [-0.2, -0.15) is 13.2 Å². The lowest BCUT2D eigenvalue weighted by Crippen LogP contribution is -2.37. The molecule has 3 rings (SSSR count). The Morgan fingerprint density at radius 3 is 2.67 bits per heavy atom. The van der Waals surface area contributed by atoms with Gasteiger partial charge in [0.1, 0.15) is 6.61 Å². The zero-order valence-corrected chi connectivity index (χ0v) is 17.9. The number of hydrogen-bond donors (Lipinski definition) is 1. The summed E-state index contributed by atoms with van der Waals surface area (Å²) in [5.74, 6) is -2.26. The van der Waals surface area contributed by atoms with Gasteiger partial charge < -0.3 is 19.5 Å². The fourth-order valence-electron chi connectivity index (χ4n) is 3.42. The molecule has 2 fully saturated rings. The van der Waals surface area contributed by atoms with Crippen molar-refractivity contribution in [1.82, 2.24) is 14.8 Å². The lowest BCUT2D eigenvalue weighted by Gasteiger charge is -2.27. The number of aromatic nitrogens is 1. The fourth-order valence-corrected chi connectivity index (χ4v) is 4.24. The smallest absolute Gasteiger partial charge is 0.475 e. The van der Waals surface area contributed by atoms with Crippen molar-refractivity contribution in [3.63, 3.8) is 0 Å². The number of ether oxygens (including phenoxy) is 2. The van der Waals surface area contributed by atoms with Gasteiger partial charge in [-0.15, -0.1) is 11.3 Å². The number of thiazole rings is 1. The molecule has 2 atom stereocenters. The quantitative estimate of drug-likeness (QED) is 0.700. The van der Waals surface area contributed by atoms with Crippen LogP contribution in [0.1, 0.15) is 10.6 Å². The van der Waals surface area contributed by atoms with Gasteiger partial charge in [-0.25, -0.2) is 9.78 Å². The van der Waals surface area contributed by atoms with Crippen molar-refractivity contribution < 1.29 is 37.3 Å². The largest absolute Gasteiger partial charge is 0.490 e. The first-order chi connectivity index (χ1) is 13.9. The number of fused-ring (bicyclic) bond motifs is 1. The van der Waals surface area contributed by atoms with Gasteiger partial charge in [0.25, 0.3) is 0 Å². The molecule has 2 saturated heterocycles. The van der Waals surface area contributed by atoms with Gasteiger partial charge >= 0.3 is 12.1 Å². The Morgan fingerprint density at radius 1 is 1.47 bits per heavy atom. The molecule has 3 heterocycles. The van der Waals surface area contributed by atoms with Crippen molar-refractivity contribution in [2.75, 3.05) is 53.6 Å². The molecule has 170 valence electrons. The van der Waals surface area contributed by atoms with Crippen LogP contribution in [-0.4, -0.2) is 91.6 Å². The van der Waals surface area contributed by atoms with E-state index in [4.69, 9.17) is 19.4 Å². The molecule has 0 bridgehead atoms. The number of nitrogens with zero attached hydrogens (tertiary/aromatic N) is 3. The molecule has 12 heteroatoms. The predicted molar refractivity (Wildman–Crippen MR) is 102 cm³/mol. The van der Waals surface area contributed by atoms with E-state index in [0.717, 1.165) is 38.5 Å². The van der Waals surface area contributed by atoms with E-state index < -0.39 is 12.1 Å². The molecule has 0 radical (unpaired) electrons. The van der Waals surface area contributed by atoms with Crippen LogP contribution < -0.4 is 0 Å². The van der Waals surface area contributed by atoms with Crippen LogP contribution >= 0.6 is 11.3 Å². The van der Waals surface area contributed by atoms with Crippen molar-refractivity contribution in [3.8, 4) is 0 Å². The Kier molecular flexibility index (Phi) is 8.20. The minimum atomic E-state index is -5.08. The highest BCUT2D eigenvalue weighted by Crippen LogP contribution is 2.42. The summed E-state index contributed by atoms with van der Waals surface area (Å²) in [5.41, 5.74) is 3.08. The number of carbonyl (C=O) groups excluding carboxylic acids is 1. The van der Waals surface area contributed by atoms with Gasteiger partial charge in [0.2, 0.25) is 5.91 Å². The second kappa shape index (κ2) is 10.0. The van der Waals surface area contributed by atoms with Crippen LogP contribution in [0.15, 0.2) is 5.51 Å². The first kappa shape index (κ1) is 24.5. The topological polar surface area (TPSA) is 92.2 Å². The predicted octanol–water partition coefficient (Wildman–Crippen LogP) is 1.64. The van der Waals surface area contributed by atoms with Gasteiger partial charge in [0.05, 0.1) is 31.0 Å². The Bertz CT molecular complexity index is 743. The van der Waals surface area contributed by atoms with Crippen LogP contribution in [-0.2, 0) is 25.6 Å². The summed E-state index contributed by atoms with van der Waals surface area (Å²) >= 11 is 1.72. The lowest BCUT2D eigenvalue weighted by molar-refractivity contribution is -0.192. The number of likely N-dealkylation sites (N-methyl/N-ethyl adjacent to an activating group) is 1. The van der Waals surface area contributed by atoms with Crippen molar-refractivity contribution in [3.05, 3.63) is 16.1 Å². The SMILES string of the molecule is Cc1ncsc1CN1C[C@@H]2COC[C@]2(COCC(=O)N(C)C)C1.O=C(O)C(F)(F)F. The van der Waals surface area contributed by atoms with E-state index in [1.807, 2.05) is 5.51 Å². The fraction of sp³-hybridized carbons (Fsp3) is 0.722. The molecule has 2 aliphatic heterocycles. The summed E-state index contributed by atoms with van der Waals surface area (Å²) < 4.78 is 43.2. The highest BCUT2D eigenvalue weighted by atomic mass is 32.1. The third kappa shape index (κ3) is 6.37. The summed E-state index contributed by atoms with van der Waals surface area (Å²) in [6, 6.07) is 0. The summed E-state index contributed by atoms with van der Waals surface area (Å²) in [6.07, 6.45) is -5.08. The highest BCUT2D eigenvalue weighted by Gasteiger charge is 2.50. The molecule has 1 aromatic heterocycles. The maximum Gasteiger partial charge on any atom is 0.490 e. The van der Waals surface area contributed by atoms with Crippen LogP contribution in [0.5, 0.6) is 0 Å². The number of alkyl halides is 3. The van der Waals surface area contributed by atoms with E-state index in [0.29, 0.717) is 12.5 Å². The molecule has 1 N–H and O–H groups in total. The Labute approximate surface area is 176 Å². The maximum absolute atomic E-state index is 11.7. The van der Waals surface area contributed by atoms with Crippen molar-refractivity contribution in [1.29, 1.82) is 0 Å². The van der Waals surface area contributed by atoms with E-state index in [1.165, 1.54) is 4.88 Å². The number of rotatable bonds is 6. The molecule has 0 aliphatic carbocycles. The first-order valence-electron chi connectivity index (χ1n) is 9.21. The number of halogens is 3. The number of likely N-dealkylation sites (tertiary alicyclic amines) is 1. The summed E-state index contributed by atoms with van der Waals surface area (Å²) in [4.78, 5) is 30.3. The number of carbonyl (C=O) groups is 2. The number of hydrogen-bond acceptors (Lipinski definition) is 7. The molecule has 0 saturated carbocycles. The zero-order valence-electron chi connectivity index (χ0n) is 17.1. The van der Waals surface area contributed by atoms with Gasteiger partial charge in [-0.05, 0) is 6.92 Å². The summed E-state index contributed by atoms with van der Waals surface area (Å²) in [5, 5.41) is 7.12. The zero-order chi connectivity index (χ0) is 22.5. The van der Waals surface area contributed by atoms with E-state index >= 15 is 0 Å². The van der Waals surface area contributed by atoms with Crippen molar-refractivity contribution >= 4 is 23.2 Å². The van der Waals surface area contributed by atoms with Gasteiger partial charge in [0.15, 0.2) is 0 Å². The summed E-state index contributed by atoms with van der Waals surface area (Å²) in [7, 11) is 3.50. The second-order valence-corrected chi connectivity index (χ2v) is 8.63. The number of carboxylic acid groups (broad SMARTS) is 1. The maximum atomic E-state index is 11.7. The molecule has 2 aliphatic rings. The highest BCUT2D eigenvalue weighted by molar-refractivity contribution is 7.09. The van der Waals surface area contributed by atoms with Crippen LogP contribution in [0.25, 0.3) is 0 Å². The van der Waals surface area contributed by atoms with Crippen LogP contribution in [0.4, 0.5) is 13.2 Å². The van der Waals surface area contributed by atoms with Crippen molar-refractivity contribution in [2.24, 2.45) is 11.3 Å². The molecule has 0 unspecified atom stereocenters. The standard InChI is InChI=1S/C16H25N3O3S.C2HF3O2/c1-12-14(23-11-17-12)5-19-4-13-6-21-9-16(13,8-19)10-22-7-15(20)18(2)3;3-2(4,5)1(6)7/h11,13H,4-10H2,1-3H3;(H,6,7)/t13-,16+;/m1./s1. The van der Waals surface area contributed by atoms with Gasteiger partial charge in [0, 0.05) is 49.9 Å². The Balaban J connectivity index is 0.000000396. The average Bonchev–Trinajstić information content (AvgIpc) is 3.29.